The lowest BCUT2D eigenvalue weighted by molar-refractivity contribution is -0.384. The summed E-state index contributed by atoms with van der Waals surface area (Å²) in [5.74, 6) is -1.21. The average Bonchev–Trinajstić information content (AvgIpc) is 2.66. The summed E-state index contributed by atoms with van der Waals surface area (Å²) < 4.78 is 5.29. The Morgan fingerprint density at radius 3 is 2.26 bits per heavy atom. The molecule has 8 nitrogen and oxygen atoms in total. The van der Waals surface area contributed by atoms with E-state index in [1.165, 1.54) is 24.0 Å². The SMILES string of the molecule is C[C@@H](OC(=O)c1cc([N+](=O)[O-])ccc1N(C)C)C(=O)N(C)c1ccccc1. The fraction of sp³-hybridized carbons (Fsp3) is 0.263. The zero-order valence-electron chi connectivity index (χ0n) is 15.6. The minimum atomic E-state index is -1.06. The summed E-state index contributed by atoms with van der Waals surface area (Å²) in [6.45, 7) is 1.46. The maximum Gasteiger partial charge on any atom is 0.341 e. The number of nitro groups is 1. The molecule has 2 rings (SSSR count). The molecule has 0 aliphatic carbocycles. The number of carbonyl (C=O) groups is 2. The lowest BCUT2D eigenvalue weighted by Gasteiger charge is -2.22. The molecule has 0 aromatic heterocycles. The summed E-state index contributed by atoms with van der Waals surface area (Å²) in [4.78, 5) is 38.6. The molecule has 0 N–H and O–H groups in total. The Balaban J connectivity index is 2.22. The zero-order chi connectivity index (χ0) is 20.1. The number of nitro benzene ring substituents is 1. The number of para-hydroxylation sites is 1. The predicted molar refractivity (Wildman–Crippen MR) is 102 cm³/mol. The van der Waals surface area contributed by atoms with Crippen LogP contribution in [0.5, 0.6) is 0 Å². The first-order valence-electron chi connectivity index (χ1n) is 8.21. The fourth-order valence-electron chi connectivity index (χ4n) is 2.52. The topological polar surface area (TPSA) is 93.0 Å². The van der Waals surface area contributed by atoms with Gasteiger partial charge in [-0.05, 0) is 25.1 Å². The normalized spacial score (nSPS) is 11.4. The van der Waals surface area contributed by atoms with Gasteiger partial charge in [-0.2, -0.15) is 0 Å². The van der Waals surface area contributed by atoms with E-state index in [1.54, 1.807) is 50.3 Å². The minimum absolute atomic E-state index is 0.0243. The first-order valence-corrected chi connectivity index (χ1v) is 8.21. The number of carbonyl (C=O) groups excluding carboxylic acids is 2. The Morgan fingerprint density at radius 1 is 1.07 bits per heavy atom. The van der Waals surface area contributed by atoms with E-state index in [2.05, 4.69) is 0 Å². The quantitative estimate of drug-likeness (QED) is 0.440. The Labute approximate surface area is 157 Å². The zero-order valence-corrected chi connectivity index (χ0v) is 15.6. The van der Waals surface area contributed by atoms with Crippen LogP contribution in [0.1, 0.15) is 17.3 Å². The van der Waals surface area contributed by atoms with E-state index in [4.69, 9.17) is 4.74 Å². The Morgan fingerprint density at radius 2 is 1.70 bits per heavy atom. The highest BCUT2D eigenvalue weighted by atomic mass is 16.6. The summed E-state index contributed by atoms with van der Waals surface area (Å²) in [7, 11) is 4.99. The first kappa shape index (κ1) is 19.9. The van der Waals surface area contributed by atoms with Crippen LogP contribution in [-0.4, -0.2) is 44.0 Å². The van der Waals surface area contributed by atoms with Gasteiger partial charge in [-0.15, -0.1) is 0 Å². The van der Waals surface area contributed by atoms with Crippen molar-refractivity contribution in [3.8, 4) is 0 Å². The van der Waals surface area contributed by atoms with Crippen molar-refractivity contribution in [1.29, 1.82) is 0 Å². The second-order valence-electron chi connectivity index (χ2n) is 6.13. The Kier molecular flexibility index (Phi) is 6.12. The van der Waals surface area contributed by atoms with E-state index in [0.717, 1.165) is 6.07 Å². The number of nitrogens with zero attached hydrogens (tertiary/aromatic N) is 3. The van der Waals surface area contributed by atoms with Crippen LogP contribution in [0.3, 0.4) is 0 Å². The number of rotatable bonds is 6. The Hall–Kier alpha value is -3.42. The van der Waals surface area contributed by atoms with Crippen LogP contribution in [0.25, 0.3) is 0 Å². The lowest BCUT2D eigenvalue weighted by atomic mass is 10.1. The van der Waals surface area contributed by atoms with Crippen molar-refractivity contribution < 1.29 is 19.2 Å². The second kappa shape index (κ2) is 8.31. The molecule has 8 heteroatoms. The molecule has 0 saturated heterocycles. The van der Waals surface area contributed by atoms with Crippen LogP contribution in [0.2, 0.25) is 0 Å². The van der Waals surface area contributed by atoms with Crippen LogP contribution in [0.4, 0.5) is 17.1 Å². The van der Waals surface area contributed by atoms with Gasteiger partial charge in [0.05, 0.1) is 16.2 Å². The molecule has 1 amide bonds. The molecule has 0 saturated carbocycles. The van der Waals surface area contributed by atoms with Crippen LogP contribution >= 0.6 is 0 Å². The summed E-state index contributed by atoms with van der Waals surface area (Å²) in [5.41, 5.74) is 0.917. The molecule has 27 heavy (non-hydrogen) atoms. The smallest absolute Gasteiger partial charge is 0.341 e. The van der Waals surface area contributed by atoms with Crippen molar-refractivity contribution in [1.82, 2.24) is 0 Å². The van der Waals surface area contributed by atoms with Gasteiger partial charge in [-0.3, -0.25) is 14.9 Å². The van der Waals surface area contributed by atoms with Gasteiger partial charge in [0.2, 0.25) is 0 Å². The van der Waals surface area contributed by atoms with Crippen molar-refractivity contribution in [2.24, 2.45) is 0 Å². The van der Waals surface area contributed by atoms with Gasteiger partial charge in [0, 0.05) is 39.0 Å². The van der Waals surface area contributed by atoms with E-state index in [1.807, 2.05) is 6.07 Å². The van der Waals surface area contributed by atoms with Crippen molar-refractivity contribution in [3.05, 3.63) is 64.2 Å². The third kappa shape index (κ3) is 4.60. The molecule has 2 aromatic rings. The van der Waals surface area contributed by atoms with Gasteiger partial charge in [0.1, 0.15) is 0 Å². The maximum atomic E-state index is 12.6. The summed E-state index contributed by atoms with van der Waals surface area (Å²) in [6.07, 6.45) is -1.06. The van der Waals surface area contributed by atoms with Gasteiger partial charge >= 0.3 is 5.97 Å². The molecule has 142 valence electrons. The third-order valence-corrected chi connectivity index (χ3v) is 4.00. The van der Waals surface area contributed by atoms with E-state index < -0.39 is 22.9 Å². The van der Waals surface area contributed by atoms with Gasteiger partial charge in [-0.1, -0.05) is 18.2 Å². The highest BCUT2D eigenvalue weighted by Gasteiger charge is 2.26. The van der Waals surface area contributed by atoms with E-state index in [-0.39, 0.29) is 11.3 Å². The highest BCUT2D eigenvalue weighted by molar-refractivity contribution is 6.01. The molecule has 1 atom stereocenters. The first-order chi connectivity index (χ1) is 12.7. The average molecular weight is 371 g/mol. The summed E-state index contributed by atoms with van der Waals surface area (Å²) >= 11 is 0. The predicted octanol–water partition coefficient (Wildman–Crippen LogP) is 2.87. The second-order valence-corrected chi connectivity index (χ2v) is 6.13. The number of non-ortho nitro benzene ring substituents is 1. The van der Waals surface area contributed by atoms with Crippen molar-refractivity contribution >= 4 is 28.9 Å². The highest BCUT2D eigenvalue weighted by Crippen LogP contribution is 2.25. The molecule has 0 bridgehead atoms. The van der Waals surface area contributed by atoms with Gasteiger partial charge in [-0.25, -0.2) is 4.79 Å². The van der Waals surface area contributed by atoms with E-state index in [0.29, 0.717) is 11.4 Å². The molecule has 0 spiro atoms. The van der Waals surface area contributed by atoms with Crippen molar-refractivity contribution in [3.63, 3.8) is 0 Å². The molecule has 0 fully saturated rings. The van der Waals surface area contributed by atoms with Crippen molar-refractivity contribution in [2.75, 3.05) is 30.9 Å². The monoisotopic (exact) mass is 371 g/mol. The molecule has 0 aliphatic heterocycles. The largest absolute Gasteiger partial charge is 0.449 e. The van der Waals surface area contributed by atoms with Crippen molar-refractivity contribution in [2.45, 2.75) is 13.0 Å². The summed E-state index contributed by atoms with van der Waals surface area (Å²) in [5, 5.41) is 11.0. The molecule has 0 unspecified atom stereocenters. The number of esters is 1. The molecule has 0 heterocycles. The van der Waals surface area contributed by atoms with Crippen LogP contribution in [-0.2, 0) is 9.53 Å². The number of likely N-dealkylation sites (N-methyl/N-ethyl adjacent to an activating group) is 1. The number of amides is 1. The lowest BCUT2D eigenvalue weighted by Crippen LogP contribution is -2.37. The number of ether oxygens (including phenoxy) is 1. The molecule has 0 radical (unpaired) electrons. The number of benzene rings is 2. The third-order valence-electron chi connectivity index (χ3n) is 4.00. The standard InChI is InChI=1S/C19H21N3O5/c1-13(18(23)21(4)14-8-6-5-7-9-14)27-19(24)16-12-15(22(25)26)10-11-17(16)20(2)3/h5-13H,1-4H3/t13-/m1/s1. The molecular weight excluding hydrogens is 350 g/mol. The molecule has 2 aromatic carbocycles. The summed E-state index contributed by atoms with van der Waals surface area (Å²) in [6, 6.07) is 12.9. The number of anilines is 2. The van der Waals surface area contributed by atoms with E-state index in [9.17, 15) is 19.7 Å². The number of hydrogen-bond acceptors (Lipinski definition) is 6. The van der Waals surface area contributed by atoms with Gasteiger partial charge in [0.15, 0.2) is 6.10 Å². The van der Waals surface area contributed by atoms with E-state index >= 15 is 0 Å². The minimum Gasteiger partial charge on any atom is -0.449 e. The fourth-order valence-corrected chi connectivity index (χ4v) is 2.52. The van der Waals surface area contributed by atoms with Gasteiger partial charge in [0.25, 0.3) is 11.6 Å². The molecule has 0 aliphatic rings. The van der Waals surface area contributed by atoms with Crippen LogP contribution in [0, 0.1) is 10.1 Å². The van der Waals surface area contributed by atoms with Gasteiger partial charge < -0.3 is 14.5 Å². The number of hydrogen-bond donors (Lipinski definition) is 0. The van der Waals surface area contributed by atoms with Crippen LogP contribution < -0.4 is 9.80 Å². The maximum absolute atomic E-state index is 12.6. The Bertz CT molecular complexity index is 852. The van der Waals surface area contributed by atoms with Crippen LogP contribution in [0.15, 0.2) is 48.5 Å². The molecular formula is C19H21N3O5.